The normalized spacial score (nSPS) is 10.9. The first-order valence-electron chi connectivity index (χ1n) is 12.4. The summed E-state index contributed by atoms with van der Waals surface area (Å²) in [5.41, 5.74) is -0.395. The molecule has 5 rings (SSSR count). The SMILES string of the molecule is CN(c1ccccc1)c1nc(Cl)nc(Nc2c[c-]cc3cc(S(=O)(=O)[O-])c(N=Nc4ccccc4S(=O)(=O)[O-])c(O)c23)n1.O=S(=O)=O.[Na+].[Na+].[Na+]. The van der Waals surface area contributed by atoms with Crippen LogP contribution in [0, 0.1) is 6.07 Å². The van der Waals surface area contributed by atoms with Crippen molar-refractivity contribution in [2.45, 2.75) is 9.79 Å². The van der Waals surface area contributed by atoms with E-state index in [9.17, 15) is 31.0 Å². The second kappa shape index (κ2) is 19.6. The molecule has 1 aromatic heterocycles. The summed E-state index contributed by atoms with van der Waals surface area (Å²) in [4.78, 5) is 12.5. The average molecular weight is 788 g/mol. The van der Waals surface area contributed by atoms with Gasteiger partial charge < -0.3 is 24.4 Å². The fraction of sp³-hybridized carbons (Fsp3) is 0.0385. The zero-order chi connectivity index (χ0) is 34.5. The summed E-state index contributed by atoms with van der Waals surface area (Å²) in [6, 6.07) is 20.3. The predicted octanol–water partition coefficient (Wildman–Crippen LogP) is -5.07. The Morgan fingerprint density at radius 1 is 0.860 bits per heavy atom. The van der Waals surface area contributed by atoms with Gasteiger partial charge in [0, 0.05) is 12.7 Å². The van der Waals surface area contributed by atoms with Gasteiger partial charge in [-0.25, -0.2) is 16.8 Å². The van der Waals surface area contributed by atoms with Crippen LogP contribution in [-0.4, -0.2) is 65.7 Å². The Balaban J connectivity index is 0.00000169. The monoisotopic (exact) mass is 787 g/mol. The molecule has 0 fully saturated rings. The minimum Gasteiger partial charge on any atom is -0.744 e. The zero-order valence-corrected chi connectivity index (χ0v) is 35.5. The number of phenolic OH excluding ortho intramolecular Hbond substituents is 1. The first kappa shape index (κ1) is 45.9. The van der Waals surface area contributed by atoms with Crippen LogP contribution in [0.1, 0.15) is 0 Å². The molecule has 244 valence electrons. The van der Waals surface area contributed by atoms with Gasteiger partial charge in [0.05, 0.1) is 9.79 Å². The summed E-state index contributed by atoms with van der Waals surface area (Å²) in [6.45, 7) is 0. The molecule has 0 bridgehead atoms. The summed E-state index contributed by atoms with van der Waals surface area (Å²) >= 11 is 6.16. The third kappa shape index (κ3) is 12.0. The van der Waals surface area contributed by atoms with Gasteiger partial charge in [0.2, 0.25) is 17.2 Å². The molecule has 0 saturated carbocycles. The first-order valence-corrected chi connectivity index (χ1v) is 16.6. The van der Waals surface area contributed by atoms with Gasteiger partial charge >= 0.3 is 99.3 Å². The van der Waals surface area contributed by atoms with Crippen molar-refractivity contribution in [3.63, 3.8) is 0 Å². The van der Waals surface area contributed by atoms with Gasteiger partial charge in [0.15, 0.2) is 0 Å². The third-order valence-electron chi connectivity index (χ3n) is 5.95. The molecular weight excluding hydrogens is 771 g/mol. The van der Waals surface area contributed by atoms with Crippen molar-refractivity contribution >= 4 is 87.9 Å². The molecule has 0 amide bonds. The van der Waals surface area contributed by atoms with E-state index >= 15 is 0 Å². The van der Waals surface area contributed by atoms with Crippen LogP contribution in [0.4, 0.5) is 34.6 Å². The van der Waals surface area contributed by atoms with Crippen molar-refractivity contribution in [1.29, 1.82) is 0 Å². The van der Waals surface area contributed by atoms with Gasteiger partial charge in [-0.3, -0.25) is 0 Å². The van der Waals surface area contributed by atoms with Crippen LogP contribution in [0.2, 0.25) is 5.28 Å². The van der Waals surface area contributed by atoms with Crippen LogP contribution < -0.4 is 98.9 Å². The van der Waals surface area contributed by atoms with E-state index < -0.39 is 57.8 Å². The van der Waals surface area contributed by atoms with E-state index in [0.717, 1.165) is 23.9 Å². The molecular formula is C26H17ClN7Na3O10S3. The fourth-order valence-corrected chi connectivity index (χ4v) is 5.42. The van der Waals surface area contributed by atoms with E-state index in [0.29, 0.717) is 0 Å². The fourth-order valence-electron chi connectivity index (χ4n) is 4.01. The van der Waals surface area contributed by atoms with Crippen LogP contribution in [0.15, 0.2) is 92.8 Å². The maximum absolute atomic E-state index is 12.1. The van der Waals surface area contributed by atoms with Gasteiger partial charge in [-0.15, -0.1) is 28.2 Å². The van der Waals surface area contributed by atoms with Gasteiger partial charge in [-0.05, 0) is 35.9 Å². The topological polar surface area (TPSA) is 264 Å². The number of anilines is 4. The summed E-state index contributed by atoms with van der Waals surface area (Å²) in [6.07, 6.45) is 0. The molecule has 0 unspecified atom stereocenters. The molecule has 24 heteroatoms. The predicted molar refractivity (Wildman–Crippen MR) is 163 cm³/mol. The van der Waals surface area contributed by atoms with E-state index in [1.54, 1.807) is 11.9 Å². The maximum atomic E-state index is 12.1. The third-order valence-corrected chi connectivity index (χ3v) is 7.86. The van der Waals surface area contributed by atoms with Gasteiger partial charge in [0.25, 0.3) is 0 Å². The minimum atomic E-state index is -5.24. The summed E-state index contributed by atoms with van der Waals surface area (Å²) < 4.78 is 96.6. The van der Waals surface area contributed by atoms with Gasteiger partial charge in [-0.2, -0.15) is 33.2 Å². The Hall–Kier alpha value is -2.12. The molecule has 0 radical (unpaired) electrons. The van der Waals surface area contributed by atoms with Crippen molar-refractivity contribution in [2.24, 2.45) is 10.2 Å². The molecule has 50 heavy (non-hydrogen) atoms. The Morgan fingerprint density at radius 2 is 1.44 bits per heavy atom. The number of para-hydroxylation sites is 1. The number of fused-ring (bicyclic) bond motifs is 1. The largest absolute Gasteiger partial charge is 1.00 e. The summed E-state index contributed by atoms with van der Waals surface area (Å²) in [7, 11) is -11.6. The maximum Gasteiger partial charge on any atom is 1.00 e. The molecule has 5 aromatic rings. The standard InChI is InChI=1S/C26H19ClN7O7S2.3Na.O3S/c1-34(16-9-3-2-4-10-16)26-30-24(27)29-25(31-26)28-18-12-7-8-15-14-20(43(39,40)41)22(23(35)21(15)18)33-32-17-11-5-6-13-19(17)42(36,37)38;;;;1-4(2)3/h2-6,8-14,35H,1H3,(H,36,37,38)(H,39,40,41)(H,28,29,30,31);;;;/q-1;3*+1;/p-2. The second-order valence-corrected chi connectivity index (χ2v) is 12.4. The molecule has 1 heterocycles. The van der Waals surface area contributed by atoms with Gasteiger partial charge in [-0.1, -0.05) is 47.5 Å². The van der Waals surface area contributed by atoms with E-state index in [-0.39, 0.29) is 122 Å². The number of aromatic hydroxyl groups is 1. The Bertz CT molecular complexity index is 2360. The number of hydrogen-bond donors (Lipinski definition) is 2. The molecule has 0 saturated heterocycles. The van der Waals surface area contributed by atoms with Crippen molar-refractivity contribution in [3.05, 3.63) is 84.1 Å². The number of rotatable bonds is 8. The number of nitrogens with zero attached hydrogens (tertiary/aromatic N) is 6. The quantitative estimate of drug-likeness (QED) is 0.0645. The summed E-state index contributed by atoms with van der Waals surface area (Å²) in [5, 5.41) is 21.3. The number of benzene rings is 4. The van der Waals surface area contributed by atoms with E-state index in [1.165, 1.54) is 24.3 Å². The Labute approximate surface area is 358 Å². The number of hydrogen-bond acceptors (Lipinski definition) is 17. The molecule has 0 aliphatic heterocycles. The van der Waals surface area contributed by atoms with Crippen molar-refractivity contribution < 1.29 is 132 Å². The molecule has 0 spiro atoms. The van der Waals surface area contributed by atoms with Crippen LogP contribution in [-0.2, 0) is 30.8 Å². The molecule has 2 N–H and O–H groups in total. The molecule has 4 aromatic carbocycles. The molecule has 0 aliphatic rings. The van der Waals surface area contributed by atoms with E-state index in [4.69, 9.17) is 24.2 Å². The van der Waals surface area contributed by atoms with Crippen molar-refractivity contribution in [2.75, 3.05) is 17.3 Å². The minimum absolute atomic E-state index is 0. The molecule has 17 nitrogen and oxygen atoms in total. The number of phenols is 1. The average Bonchev–Trinajstić information content (AvgIpc) is 2.99. The molecule has 0 atom stereocenters. The van der Waals surface area contributed by atoms with E-state index in [2.05, 4.69) is 36.6 Å². The van der Waals surface area contributed by atoms with Crippen LogP contribution in [0.25, 0.3) is 10.8 Å². The number of halogens is 1. The van der Waals surface area contributed by atoms with Crippen LogP contribution >= 0.6 is 11.6 Å². The van der Waals surface area contributed by atoms with Crippen molar-refractivity contribution in [1.82, 2.24) is 15.0 Å². The van der Waals surface area contributed by atoms with Gasteiger partial charge in [0.1, 0.15) is 37.4 Å². The van der Waals surface area contributed by atoms with E-state index in [1.807, 2.05) is 30.3 Å². The van der Waals surface area contributed by atoms with Crippen molar-refractivity contribution in [3.8, 4) is 5.75 Å². The Kier molecular flexibility index (Phi) is 18.0. The smallest absolute Gasteiger partial charge is 0.744 e. The first-order chi connectivity index (χ1) is 22.1. The zero-order valence-electron chi connectivity index (χ0n) is 26.3. The Morgan fingerprint density at radius 3 is 2.04 bits per heavy atom. The summed E-state index contributed by atoms with van der Waals surface area (Å²) in [5.74, 6) is -0.698. The molecule has 0 aliphatic carbocycles. The number of nitrogens with one attached hydrogen (secondary N) is 1. The van der Waals surface area contributed by atoms with Crippen LogP contribution in [0.5, 0.6) is 5.75 Å². The second-order valence-electron chi connectivity index (χ2n) is 8.93. The number of azo groups is 1. The van der Waals surface area contributed by atoms with Crippen LogP contribution in [0.3, 0.4) is 0 Å². The number of aromatic nitrogens is 3.